The number of nitrogens with one attached hydrogen (secondary N) is 1. The predicted octanol–water partition coefficient (Wildman–Crippen LogP) is 0.354. The summed E-state index contributed by atoms with van der Waals surface area (Å²) in [5.41, 5.74) is 1.27. The fourth-order valence-electron chi connectivity index (χ4n) is 1.60. The highest BCUT2D eigenvalue weighted by Gasteiger charge is 2.20. The van der Waals surface area contributed by atoms with Crippen LogP contribution in [0.2, 0.25) is 0 Å². The lowest BCUT2D eigenvalue weighted by Gasteiger charge is -2.09. The van der Waals surface area contributed by atoms with Crippen LogP contribution in [0.3, 0.4) is 0 Å². The van der Waals surface area contributed by atoms with Gasteiger partial charge in [0.25, 0.3) is 0 Å². The first-order chi connectivity index (χ1) is 8.09. The molecule has 1 unspecified atom stereocenters. The maximum Gasteiger partial charge on any atom is 0.173 e. The van der Waals surface area contributed by atoms with Gasteiger partial charge in [0.1, 0.15) is 11.8 Å². The lowest BCUT2D eigenvalue weighted by molar-refractivity contribution is 0.590. The Morgan fingerprint density at radius 3 is 3.06 bits per heavy atom. The van der Waals surface area contributed by atoms with Crippen molar-refractivity contribution in [3.8, 4) is 6.07 Å². The minimum atomic E-state index is -3.02. The Balaban J connectivity index is 1.95. The lowest BCUT2D eigenvalue weighted by Crippen LogP contribution is -2.29. The van der Waals surface area contributed by atoms with Crippen LogP contribution >= 0.6 is 0 Å². The van der Waals surface area contributed by atoms with Gasteiger partial charge in [0.2, 0.25) is 0 Å². The summed E-state index contributed by atoms with van der Waals surface area (Å²) in [7, 11) is -3.02. The molecule has 1 aliphatic rings. The van der Waals surface area contributed by atoms with E-state index in [4.69, 9.17) is 5.26 Å². The van der Waals surface area contributed by atoms with Crippen molar-refractivity contribution >= 4 is 9.84 Å². The van der Waals surface area contributed by atoms with Crippen LogP contribution in [-0.2, 0) is 16.4 Å². The van der Waals surface area contributed by atoms with Crippen LogP contribution in [0.25, 0.3) is 0 Å². The van der Waals surface area contributed by atoms with Gasteiger partial charge >= 0.3 is 0 Å². The number of rotatable bonds is 3. The molecule has 0 spiro atoms. The van der Waals surface area contributed by atoms with Crippen LogP contribution in [-0.4, -0.2) is 25.2 Å². The number of hydrogen-bond acceptors (Lipinski definition) is 5. The number of nitriles is 1. The Kier molecular flexibility index (Phi) is 3.22. The van der Waals surface area contributed by atoms with Crippen LogP contribution in [0, 0.1) is 11.3 Å². The van der Waals surface area contributed by atoms with Gasteiger partial charge in [0.15, 0.2) is 9.84 Å². The molecule has 6 heteroatoms. The van der Waals surface area contributed by atoms with Gasteiger partial charge in [-0.15, -0.1) is 0 Å². The van der Waals surface area contributed by atoms with Crippen molar-refractivity contribution in [2.45, 2.75) is 12.6 Å². The minimum absolute atomic E-state index is 0.100. The summed E-state index contributed by atoms with van der Waals surface area (Å²) in [5.74, 6) is 0.100. The van der Waals surface area contributed by atoms with Gasteiger partial charge in [0.05, 0.1) is 5.75 Å². The normalized spacial score (nSPS) is 21.2. The number of pyridine rings is 1. The average Bonchev–Trinajstić information content (AvgIpc) is 2.67. The molecule has 5 nitrogen and oxygen atoms in total. The van der Waals surface area contributed by atoms with E-state index in [1.54, 1.807) is 24.4 Å². The van der Waals surface area contributed by atoms with Crippen molar-refractivity contribution in [3.63, 3.8) is 0 Å². The predicted molar refractivity (Wildman–Crippen MR) is 62.5 cm³/mol. The van der Waals surface area contributed by atoms with Crippen molar-refractivity contribution in [1.82, 2.24) is 10.3 Å². The first kappa shape index (κ1) is 11.8. The zero-order chi connectivity index (χ0) is 12.3. The Morgan fingerprint density at radius 2 is 2.41 bits per heavy atom. The van der Waals surface area contributed by atoms with Crippen molar-refractivity contribution in [2.24, 2.45) is 0 Å². The van der Waals surface area contributed by atoms with Crippen molar-refractivity contribution in [1.29, 1.82) is 5.26 Å². The third-order valence-corrected chi connectivity index (χ3v) is 3.83. The highest BCUT2D eigenvalue weighted by atomic mass is 32.2. The molecule has 0 bridgehead atoms. The summed E-state index contributed by atoms with van der Waals surface area (Å²) >= 11 is 0. The molecule has 1 atom stereocenters. The van der Waals surface area contributed by atoms with E-state index in [1.807, 2.05) is 6.07 Å². The Bertz CT molecular complexity index is 587. The third-order valence-electron chi connectivity index (χ3n) is 2.44. The maximum atomic E-state index is 11.2. The zero-order valence-corrected chi connectivity index (χ0v) is 9.81. The summed E-state index contributed by atoms with van der Waals surface area (Å²) in [6, 6.07) is 5.28. The standard InChI is InChI=1S/C11H11N3O2S/c12-6-11-5-9(1-3-13-11)7-14-10-2-4-17(15,16)8-10/h1-5,10,14H,7-8H2. The number of sulfone groups is 1. The van der Waals surface area contributed by atoms with E-state index in [9.17, 15) is 8.42 Å². The summed E-state index contributed by atoms with van der Waals surface area (Å²) in [6.45, 7) is 0.516. The van der Waals surface area contributed by atoms with E-state index < -0.39 is 9.84 Å². The van der Waals surface area contributed by atoms with Gasteiger partial charge in [-0.1, -0.05) is 6.08 Å². The molecule has 1 aliphatic heterocycles. The van der Waals surface area contributed by atoms with Crippen molar-refractivity contribution < 1.29 is 8.42 Å². The number of hydrogen-bond donors (Lipinski definition) is 1. The van der Waals surface area contributed by atoms with Gasteiger partial charge in [-0.05, 0) is 17.7 Å². The second-order valence-electron chi connectivity index (χ2n) is 3.81. The molecule has 0 amide bonds. The Hall–Kier alpha value is -1.71. The quantitative estimate of drug-likeness (QED) is 0.836. The molecule has 0 fully saturated rings. The molecule has 17 heavy (non-hydrogen) atoms. The molecular formula is C11H11N3O2S. The molecule has 1 aromatic heterocycles. The molecule has 2 heterocycles. The number of nitrogens with zero attached hydrogens (tertiary/aromatic N) is 2. The molecule has 0 aromatic carbocycles. The average molecular weight is 249 g/mol. The molecule has 1 aromatic rings. The first-order valence-corrected chi connectivity index (χ1v) is 6.80. The van der Waals surface area contributed by atoms with Gasteiger partial charge in [-0.3, -0.25) is 0 Å². The second kappa shape index (κ2) is 4.65. The molecular weight excluding hydrogens is 238 g/mol. The van der Waals surface area contributed by atoms with Gasteiger partial charge in [-0.25, -0.2) is 13.4 Å². The molecule has 2 rings (SSSR count). The lowest BCUT2D eigenvalue weighted by atomic mass is 10.2. The largest absolute Gasteiger partial charge is 0.305 e. The van der Waals surface area contributed by atoms with E-state index in [-0.39, 0.29) is 11.8 Å². The first-order valence-electron chi connectivity index (χ1n) is 5.08. The van der Waals surface area contributed by atoms with Crippen LogP contribution < -0.4 is 5.32 Å². The minimum Gasteiger partial charge on any atom is -0.305 e. The molecule has 1 N–H and O–H groups in total. The molecule has 0 saturated heterocycles. The summed E-state index contributed by atoms with van der Waals surface area (Å²) in [4.78, 5) is 3.86. The third kappa shape index (κ3) is 3.12. The fourth-order valence-corrected chi connectivity index (χ4v) is 2.87. The van der Waals surface area contributed by atoms with E-state index in [1.165, 1.54) is 5.41 Å². The topological polar surface area (TPSA) is 82.9 Å². The SMILES string of the molecule is N#Cc1cc(CNC2C=CS(=O)(=O)C2)ccn1. The summed E-state index contributed by atoms with van der Waals surface area (Å²) in [5, 5.41) is 13.0. The van der Waals surface area contributed by atoms with Crippen LogP contribution in [0.15, 0.2) is 29.8 Å². The summed E-state index contributed by atoms with van der Waals surface area (Å²) in [6.07, 6.45) is 3.21. The van der Waals surface area contributed by atoms with Gasteiger partial charge in [-0.2, -0.15) is 5.26 Å². The van der Waals surface area contributed by atoms with Crippen LogP contribution in [0.5, 0.6) is 0 Å². The van der Waals surface area contributed by atoms with E-state index >= 15 is 0 Å². The van der Waals surface area contributed by atoms with E-state index in [0.717, 1.165) is 5.56 Å². The van der Waals surface area contributed by atoms with E-state index in [0.29, 0.717) is 12.2 Å². The van der Waals surface area contributed by atoms with Crippen LogP contribution in [0.1, 0.15) is 11.3 Å². The smallest absolute Gasteiger partial charge is 0.173 e. The molecule has 88 valence electrons. The van der Waals surface area contributed by atoms with Gasteiger partial charge < -0.3 is 5.32 Å². The monoisotopic (exact) mass is 249 g/mol. The zero-order valence-electron chi connectivity index (χ0n) is 9.00. The van der Waals surface area contributed by atoms with Crippen molar-refractivity contribution in [3.05, 3.63) is 41.1 Å². The second-order valence-corrected chi connectivity index (χ2v) is 5.74. The maximum absolute atomic E-state index is 11.2. The van der Waals surface area contributed by atoms with Crippen LogP contribution in [0.4, 0.5) is 0 Å². The molecule has 0 radical (unpaired) electrons. The Morgan fingerprint density at radius 1 is 1.59 bits per heavy atom. The highest BCUT2D eigenvalue weighted by Crippen LogP contribution is 2.09. The highest BCUT2D eigenvalue weighted by molar-refractivity contribution is 7.94. The van der Waals surface area contributed by atoms with Gasteiger partial charge in [0, 0.05) is 24.2 Å². The molecule has 0 saturated carbocycles. The fraction of sp³-hybridized carbons (Fsp3) is 0.273. The number of aromatic nitrogens is 1. The van der Waals surface area contributed by atoms with E-state index in [2.05, 4.69) is 10.3 Å². The Labute approximate surface area is 99.7 Å². The summed E-state index contributed by atoms with van der Waals surface area (Å²) < 4.78 is 22.3. The van der Waals surface area contributed by atoms with Crippen molar-refractivity contribution in [2.75, 3.05) is 5.75 Å². The molecule has 0 aliphatic carbocycles.